The van der Waals surface area contributed by atoms with E-state index >= 15 is 0 Å². The Labute approximate surface area is 123 Å². The summed E-state index contributed by atoms with van der Waals surface area (Å²) < 4.78 is 0. The summed E-state index contributed by atoms with van der Waals surface area (Å²) in [5.74, 6) is -0.890. The third-order valence-electron chi connectivity index (χ3n) is 3.25. The minimum atomic E-state index is -1.01. The van der Waals surface area contributed by atoms with Crippen molar-refractivity contribution in [3.05, 3.63) is 41.5 Å². The number of carbonyl (C=O) groups excluding carboxylic acids is 1. The standard InChI is InChI=1S/C16H16N2O3/c17-9-14-3-1-2-12(8-14)6-7-15(19)18(11-16(20)21)10-13-4-5-13/h1-3,6-8,13H,4-5,10-11H2,(H,20,21)/b7-6+. The molecule has 0 atom stereocenters. The Kier molecular flexibility index (Phi) is 4.72. The molecule has 21 heavy (non-hydrogen) atoms. The van der Waals surface area contributed by atoms with Crippen molar-refractivity contribution in [1.82, 2.24) is 4.90 Å². The van der Waals surface area contributed by atoms with Crippen molar-refractivity contribution in [2.24, 2.45) is 5.92 Å². The maximum absolute atomic E-state index is 12.1. The molecular weight excluding hydrogens is 268 g/mol. The predicted molar refractivity (Wildman–Crippen MR) is 77.1 cm³/mol. The highest BCUT2D eigenvalue weighted by atomic mass is 16.4. The molecule has 0 saturated heterocycles. The number of rotatable bonds is 6. The molecule has 1 fully saturated rings. The van der Waals surface area contributed by atoms with Crippen molar-refractivity contribution in [3.63, 3.8) is 0 Å². The number of carboxylic acids is 1. The zero-order chi connectivity index (χ0) is 15.2. The minimum absolute atomic E-state index is 0.280. The number of aliphatic carboxylic acids is 1. The van der Waals surface area contributed by atoms with Gasteiger partial charge in [0, 0.05) is 12.6 Å². The lowest BCUT2D eigenvalue weighted by Gasteiger charge is -2.18. The van der Waals surface area contributed by atoms with Crippen LogP contribution in [0.1, 0.15) is 24.0 Å². The van der Waals surface area contributed by atoms with Gasteiger partial charge in [0.15, 0.2) is 0 Å². The summed E-state index contributed by atoms with van der Waals surface area (Å²) in [5, 5.41) is 17.7. The van der Waals surface area contributed by atoms with E-state index in [4.69, 9.17) is 10.4 Å². The van der Waals surface area contributed by atoms with Crippen LogP contribution in [0.3, 0.4) is 0 Å². The third-order valence-corrected chi connectivity index (χ3v) is 3.25. The Hall–Kier alpha value is -2.61. The highest BCUT2D eigenvalue weighted by molar-refractivity contribution is 5.93. The predicted octanol–water partition coefficient (Wildman–Crippen LogP) is 1.89. The average Bonchev–Trinajstić information content (AvgIpc) is 3.28. The largest absolute Gasteiger partial charge is 0.480 e. The van der Waals surface area contributed by atoms with Gasteiger partial charge in [-0.2, -0.15) is 5.26 Å². The normalized spacial score (nSPS) is 13.9. The van der Waals surface area contributed by atoms with Gasteiger partial charge in [0.1, 0.15) is 6.54 Å². The molecule has 1 aromatic rings. The van der Waals surface area contributed by atoms with E-state index in [2.05, 4.69) is 0 Å². The molecule has 0 heterocycles. The van der Waals surface area contributed by atoms with Crippen LogP contribution in [0.4, 0.5) is 0 Å². The van der Waals surface area contributed by atoms with Gasteiger partial charge in [-0.15, -0.1) is 0 Å². The first-order chi connectivity index (χ1) is 10.1. The number of hydrogen-bond acceptors (Lipinski definition) is 3. The summed E-state index contributed by atoms with van der Waals surface area (Å²) in [5.41, 5.74) is 1.26. The SMILES string of the molecule is N#Cc1cccc(/C=C/C(=O)N(CC(=O)O)CC2CC2)c1. The van der Waals surface area contributed by atoms with Gasteiger partial charge in [0.25, 0.3) is 0 Å². The fourth-order valence-corrected chi connectivity index (χ4v) is 1.99. The molecule has 1 N–H and O–H groups in total. The van der Waals surface area contributed by atoms with Gasteiger partial charge in [-0.1, -0.05) is 12.1 Å². The Bertz CT molecular complexity index is 612. The zero-order valence-corrected chi connectivity index (χ0v) is 11.5. The second-order valence-electron chi connectivity index (χ2n) is 5.13. The molecule has 1 aliphatic rings. The van der Waals surface area contributed by atoms with Crippen LogP contribution in [0.15, 0.2) is 30.3 Å². The Morgan fingerprint density at radius 2 is 2.19 bits per heavy atom. The fourth-order valence-electron chi connectivity index (χ4n) is 1.99. The lowest BCUT2D eigenvalue weighted by Crippen LogP contribution is -2.36. The third kappa shape index (κ3) is 4.77. The molecule has 0 unspecified atom stereocenters. The van der Waals surface area contributed by atoms with Crippen LogP contribution < -0.4 is 0 Å². The van der Waals surface area contributed by atoms with Crippen molar-refractivity contribution in [2.45, 2.75) is 12.8 Å². The van der Waals surface area contributed by atoms with E-state index < -0.39 is 5.97 Å². The van der Waals surface area contributed by atoms with Crippen LogP contribution in [0.5, 0.6) is 0 Å². The molecule has 0 bridgehead atoms. The van der Waals surface area contributed by atoms with Crippen LogP contribution in [-0.2, 0) is 9.59 Å². The van der Waals surface area contributed by atoms with E-state index in [1.165, 1.54) is 11.0 Å². The van der Waals surface area contributed by atoms with Crippen molar-refractivity contribution < 1.29 is 14.7 Å². The molecule has 0 radical (unpaired) electrons. The molecular formula is C16H16N2O3. The topological polar surface area (TPSA) is 81.4 Å². The van der Waals surface area contributed by atoms with Gasteiger partial charge < -0.3 is 10.0 Å². The maximum Gasteiger partial charge on any atom is 0.323 e. The molecule has 1 amide bonds. The molecule has 108 valence electrons. The van der Waals surface area contributed by atoms with Crippen LogP contribution in [0, 0.1) is 17.2 Å². The van der Waals surface area contributed by atoms with E-state index in [-0.39, 0.29) is 12.5 Å². The first-order valence-corrected chi connectivity index (χ1v) is 6.77. The van der Waals surface area contributed by atoms with Gasteiger partial charge in [0.05, 0.1) is 11.6 Å². The van der Waals surface area contributed by atoms with E-state index in [9.17, 15) is 9.59 Å². The zero-order valence-electron chi connectivity index (χ0n) is 11.5. The number of hydrogen-bond donors (Lipinski definition) is 1. The quantitative estimate of drug-likeness (QED) is 0.809. The molecule has 0 aromatic heterocycles. The second kappa shape index (κ2) is 6.71. The number of benzene rings is 1. The highest BCUT2D eigenvalue weighted by Gasteiger charge is 2.26. The van der Waals surface area contributed by atoms with E-state index in [0.29, 0.717) is 18.0 Å². The smallest absolute Gasteiger partial charge is 0.323 e. The Morgan fingerprint density at radius 3 is 2.81 bits per heavy atom. The fraction of sp³-hybridized carbons (Fsp3) is 0.312. The van der Waals surface area contributed by atoms with Crippen molar-refractivity contribution in [2.75, 3.05) is 13.1 Å². The maximum atomic E-state index is 12.1. The van der Waals surface area contributed by atoms with Crippen molar-refractivity contribution >= 4 is 18.0 Å². The summed E-state index contributed by atoms with van der Waals surface area (Å²) in [7, 11) is 0. The first kappa shape index (κ1) is 14.8. The Balaban J connectivity index is 2.03. The number of nitrogens with zero attached hydrogens (tertiary/aromatic N) is 2. The monoisotopic (exact) mass is 284 g/mol. The summed E-state index contributed by atoms with van der Waals surface area (Å²) in [4.78, 5) is 24.3. The molecule has 1 aliphatic carbocycles. The average molecular weight is 284 g/mol. The number of nitriles is 1. The van der Waals surface area contributed by atoms with Gasteiger partial charge in [0.2, 0.25) is 5.91 Å². The van der Waals surface area contributed by atoms with Crippen molar-refractivity contribution in [3.8, 4) is 6.07 Å². The summed E-state index contributed by atoms with van der Waals surface area (Å²) in [6, 6.07) is 8.91. The van der Waals surface area contributed by atoms with Crippen LogP contribution in [0.2, 0.25) is 0 Å². The van der Waals surface area contributed by atoms with Crippen LogP contribution in [0.25, 0.3) is 6.08 Å². The molecule has 1 saturated carbocycles. The van der Waals surface area contributed by atoms with E-state index in [1.807, 2.05) is 6.07 Å². The lowest BCUT2D eigenvalue weighted by atomic mass is 10.1. The second-order valence-corrected chi connectivity index (χ2v) is 5.13. The minimum Gasteiger partial charge on any atom is -0.480 e. The van der Waals surface area contributed by atoms with Gasteiger partial charge in [-0.05, 0) is 42.5 Å². The molecule has 5 heteroatoms. The number of carboxylic acid groups (broad SMARTS) is 1. The van der Waals surface area contributed by atoms with Gasteiger partial charge >= 0.3 is 5.97 Å². The van der Waals surface area contributed by atoms with E-state index in [1.54, 1.807) is 30.3 Å². The Morgan fingerprint density at radius 1 is 1.43 bits per heavy atom. The molecule has 2 rings (SSSR count). The molecule has 0 spiro atoms. The first-order valence-electron chi connectivity index (χ1n) is 6.77. The number of amides is 1. The number of carbonyl (C=O) groups is 2. The lowest BCUT2D eigenvalue weighted by molar-refractivity contribution is -0.142. The molecule has 0 aliphatic heterocycles. The van der Waals surface area contributed by atoms with Crippen molar-refractivity contribution in [1.29, 1.82) is 5.26 Å². The van der Waals surface area contributed by atoms with Crippen LogP contribution in [-0.4, -0.2) is 35.0 Å². The highest BCUT2D eigenvalue weighted by Crippen LogP contribution is 2.29. The molecule has 5 nitrogen and oxygen atoms in total. The molecule has 1 aromatic carbocycles. The van der Waals surface area contributed by atoms with Gasteiger partial charge in [-0.25, -0.2) is 0 Å². The summed E-state index contributed by atoms with van der Waals surface area (Å²) >= 11 is 0. The van der Waals surface area contributed by atoms with Gasteiger partial charge in [-0.3, -0.25) is 9.59 Å². The summed E-state index contributed by atoms with van der Waals surface area (Å²) in [6.07, 6.45) is 5.07. The summed E-state index contributed by atoms with van der Waals surface area (Å²) in [6.45, 7) is 0.214. The van der Waals surface area contributed by atoms with Crippen LogP contribution >= 0.6 is 0 Å². The van der Waals surface area contributed by atoms with E-state index in [0.717, 1.165) is 18.4 Å².